The highest BCUT2D eigenvalue weighted by Gasteiger charge is 2.23. The molecule has 1 aromatic carbocycles. The number of carbonyl (C=O) groups excluding carboxylic acids is 1. The van der Waals surface area contributed by atoms with E-state index in [0.717, 1.165) is 22.5 Å². The Morgan fingerprint density at radius 1 is 1.26 bits per heavy atom. The van der Waals surface area contributed by atoms with Gasteiger partial charge in [-0.1, -0.05) is 0 Å². The van der Waals surface area contributed by atoms with Crippen molar-refractivity contribution in [3.8, 4) is 5.69 Å². The Balaban J connectivity index is 1.73. The van der Waals surface area contributed by atoms with Crippen LogP contribution >= 0.6 is 0 Å². The summed E-state index contributed by atoms with van der Waals surface area (Å²) < 4.78 is 24.5. The van der Waals surface area contributed by atoms with Crippen LogP contribution in [0.2, 0.25) is 0 Å². The van der Waals surface area contributed by atoms with E-state index in [1.54, 1.807) is 12.1 Å². The molecule has 0 spiro atoms. The highest BCUT2D eigenvalue weighted by molar-refractivity contribution is 7.94. The fourth-order valence-electron chi connectivity index (χ4n) is 2.56. The van der Waals surface area contributed by atoms with Gasteiger partial charge in [-0.3, -0.25) is 4.79 Å². The molecule has 1 N–H and O–H groups in total. The number of rotatable bonds is 3. The van der Waals surface area contributed by atoms with Crippen molar-refractivity contribution in [2.45, 2.75) is 19.9 Å². The molecule has 23 heavy (non-hydrogen) atoms. The van der Waals surface area contributed by atoms with Crippen molar-refractivity contribution >= 4 is 15.7 Å². The molecule has 1 unspecified atom stereocenters. The molecule has 0 bridgehead atoms. The Bertz CT molecular complexity index is 880. The first-order valence-electron chi connectivity index (χ1n) is 7.19. The quantitative estimate of drug-likeness (QED) is 0.925. The molecule has 1 aliphatic heterocycles. The molecule has 7 heteroatoms. The Morgan fingerprint density at radius 3 is 2.48 bits per heavy atom. The van der Waals surface area contributed by atoms with Gasteiger partial charge < -0.3 is 5.32 Å². The Morgan fingerprint density at radius 2 is 1.96 bits per heavy atom. The zero-order chi connectivity index (χ0) is 16.6. The monoisotopic (exact) mass is 331 g/mol. The summed E-state index contributed by atoms with van der Waals surface area (Å²) in [7, 11) is -3.18. The second kappa shape index (κ2) is 5.66. The van der Waals surface area contributed by atoms with E-state index in [2.05, 4.69) is 10.4 Å². The van der Waals surface area contributed by atoms with Crippen molar-refractivity contribution in [3.63, 3.8) is 0 Å². The number of nitrogens with zero attached hydrogens (tertiary/aromatic N) is 2. The lowest BCUT2D eigenvalue weighted by Gasteiger charge is -2.10. The van der Waals surface area contributed by atoms with Crippen LogP contribution in [0.3, 0.4) is 0 Å². The molecule has 0 aliphatic carbocycles. The minimum absolute atomic E-state index is 0.0808. The van der Waals surface area contributed by atoms with Gasteiger partial charge in [-0.2, -0.15) is 5.10 Å². The molecule has 0 radical (unpaired) electrons. The van der Waals surface area contributed by atoms with Crippen LogP contribution in [0.5, 0.6) is 0 Å². The number of benzene rings is 1. The molecule has 0 fully saturated rings. The molecule has 120 valence electrons. The van der Waals surface area contributed by atoms with E-state index in [4.69, 9.17) is 0 Å². The summed E-state index contributed by atoms with van der Waals surface area (Å²) in [5, 5.41) is 8.24. The Hall–Kier alpha value is -2.41. The maximum atomic E-state index is 12.2. The zero-order valence-corrected chi connectivity index (χ0v) is 13.7. The van der Waals surface area contributed by atoms with Gasteiger partial charge in [-0.25, -0.2) is 13.1 Å². The van der Waals surface area contributed by atoms with Gasteiger partial charge in [0.1, 0.15) is 0 Å². The van der Waals surface area contributed by atoms with Crippen molar-refractivity contribution in [1.29, 1.82) is 0 Å². The van der Waals surface area contributed by atoms with Gasteiger partial charge >= 0.3 is 0 Å². The number of hydrogen-bond acceptors (Lipinski definition) is 4. The van der Waals surface area contributed by atoms with E-state index in [9.17, 15) is 13.2 Å². The summed E-state index contributed by atoms with van der Waals surface area (Å²) in [6, 6.07) is 8.55. The van der Waals surface area contributed by atoms with Crippen molar-refractivity contribution in [1.82, 2.24) is 15.1 Å². The van der Waals surface area contributed by atoms with Crippen molar-refractivity contribution < 1.29 is 13.2 Å². The third-order valence-electron chi connectivity index (χ3n) is 3.63. The van der Waals surface area contributed by atoms with E-state index in [1.165, 1.54) is 6.08 Å². The molecule has 2 heterocycles. The highest BCUT2D eigenvalue weighted by atomic mass is 32.2. The van der Waals surface area contributed by atoms with E-state index >= 15 is 0 Å². The van der Waals surface area contributed by atoms with Crippen molar-refractivity contribution in [2.75, 3.05) is 5.75 Å². The average Bonchev–Trinajstić information content (AvgIpc) is 3.00. The number of sulfone groups is 1. The summed E-state index contributed by atoms with van der Waals surface area (Å²) in [5.41, 5.74) is 3.29. The minimum Gasteiger partial charge on any atom is -0.345 e. The maximum Gasteiger partial charge on any atom is 0.251 e. The number of hydrogen-bond donors (Lipinski definition) is 1. The summed E-state index contributed by atoms with van der Waals surface area (Å²) in [5.74, 6) is -0.376. The number of nitrogens with one attached hydrogen (secondary N) is 1. The van der Waals surface area contributed by atoms with E-state index in [-0.39, 0.29) is 11.7 Å². The first-order valence-corrected chi connectivity index (χ1v) is 8.91. The smallest absolute Gasteiger partial charge is 0.251 e. The van der Waals surface area contributed by atoms with Gasteiger partial charge in [-0.15, -0.1) is 0 Å². The van der Waals surface area contributed by atoms with E-state index < -0.39 is 15.9 Å². The number of carbonyl (C=O) groups is 1. The largest absolute Gasteiger partial charge is 0.345 e. The molecule has 1 aromatic heterocycles. The van der Waals surface area contributed by atoms with Gasteiger partial charge in [0.05, 0.1) is 23.2 Å². The molecule has 0 saturated carbocycles. The van der Waals surface area contributed by atoms with Gasteiger partial charge in [0.15, 0.2) is 9.84 Å². The van der Waals surface area contributed by atoms with E-state index in [1.807, 2.05) is 36.7 Å². The van der Waals surface area contributed by atoms with Crippen LogP contribution in [0.15, 0.2) is 41.8 Å². The molecule has 2 aromatic rings. The SMILES string of the molecule is Cc1cc(C)n(-c2ccc(C(=O)NC3C=CS(=O)(=O)C3)cc2)n1. The van der Waals surface area contributed by atoms with Crippen LogP contribution in [0.4, 0.5) is 0 Å². The minimum atomic E-state index is -3.18. The first-order chi connectivity index (χ1) is 10.8. The molecule has 1 atom stereocenters. The van der Waals surface area contributed by atoms with Gasteiger partial charge in [-0.05, 0) is 50.3 Å². The fraction of sp³-hybridized carbons (Fsp3) is 0.250. The zero-order valence-electron chi connectivity index (χ0n) is 12.9. The number of aromatic nitrogens is 2. The second-order valence-corrected chi connectivity index (χ2v) is 7.56. The van der Waals surface area contributed by atoms with Gasteiger partial charge in [0.2, 0.25) is 0 Å². The topological polar surface area (TPSA) is 81.1 Å². The van der Waals surface area contributed by atoms with Gasteiger partial charge in [0, 0.05) is 16.7 Å². The van der Waals surface area contributed by atoms with Crippen LogP contribution in [0.1, 0.15) is 21.7 Å². The van der Waals surface area contributed by atoms with Crippen molar-refractivity contribution in [2.24, 2.45) is 0 Å². The molecule has 3 rings (SSSR count). The predicted octanol–water partition coefficient (Wildman–Crippen LogP) is 1.53. The first kappa shape index (κ1) is 15.5. The lowest BCUT2D eigenvalue weighted by molar-refractivity contribution is 0.0947. The standard InChI is InChI=1S/C16H17N3O3S/c1-11-9-12(2)19(18-11)15-5-3-13(4-6-15)16(20)17-14-7-8-23(21,22)10-14/h3-9,14H,10H2,1-2H3,(H,17,20). The van der Waals surface area contributed by atoms with E-state index in [0.29, 0.717) is 5.56 Å². The third kappa shape index (κ3) is 3.34. The summed E-state index contributed by atoms with van der Waals surface area (Å²) in [6.45, 7) is 3.89. The van der Waals surface area contributed by atoms with Crippen LogP contribution in [-0.2, 0) is 9.84 Å². The lowest BCUT2D eigenvalue weighted by atomic mass is 10.2. The van der Waals surface area contributed by atoms with Gasteiger partial charge in [0.25, 0.3) is 5.91 Å². The van der Waals surface area contributed by atoms with Crippen LogP contribution in [0.25, 0.3) is 5.69 Å². The number of amides is 1. The Kier molecular flexibility index (Phi) is 3.81. The second-order valence-electron chi connectivity index (χ2n) is 5.62. The maximum absolute atomic E-state index is 12.2. The summed E-state index contributed by atoms with van der Waals surface area (Å²) in [4.78, 5) is 12.2. The third-order valence-corrected chi connectivity index (χ3v) is 5.03. The van der Waals surface area contributed by atoms with Crippen molar-refractivity contribution in [3.05, 3.63) is 58.8 Å². The lowest BCUT2D eigenvalue weighted by Crippen LogP contribution is -2.35. The molecular formula is C16H17N3O3S. The molecular weight excluding hydrogens is 314 g/mol. The highest BCUT2D eigenvalue weighted by Crippen LogP contribution is 2.14. The predicted molar refractivity (Wildman–Crippen MR) is 87.2 cm³/mol. The Labute approximate surface area is 134 Å². The summed E-state index contributed by atoms with van der Waals surface area (Å²) >= 11 is 0. The van der Waals surface area contributed by atoms with Crippen LogP contribution in [0, 0.1) is 13.8 Å². The average molecular weight is 331 g/mol. The number of aryl methyl sites for hydroxylation is 2. The normalized spacial score (nSPS) is 19.0. The summed E-state index contributed by atoms with van der Waals surface area (Å²) in [6.07, 6.45) is 1.50. The molecule has 1 amide bonds. The molecule has 1 aliphatic rings. The fourth-order valence-corrected chi connectivity index (χ4v) is 3.80. The van der Waals surface area contributed by atoms with Crippen LogP contribution < -0.4 is 5.32 Å². The molecule has 6 nitrogen and oxygen atoms in total. The molecule has 0 saturated heterocycles. The van der Waals surface area contributed by atoms with Crippen LogP contribution in [-0.4, -0.2) is 35.9 Å².